The van der Waals surface area contributed by atoms with Gasteiger partial charge in [0.2, 0.25) is 17.9 Å². The lowest BCUT2D eigenvalue weighted by atomic mass is 9.48. The molecule has 1 aliphatic heterocycles. The third-order valence-electron chi connectivity index (χ3n) is 19.4. The minimum atomic E-state index is -5.27. The second-order valence-electron chi connectivity index (χ2n) is 27.0. The summed E-state index contributed by atoms with van der Waals surface area (Å²) in [6.45, 7) is 19.0. The monoisotopic (exact) mass is 1320 g/mol. The molecule has 2 heterocycles. The number of hydrogen-bond donors (Lipinski definition) is 1. The Bertz CT molecular complexity index is 3750. The number of thiophene rings is 1. The van der Waals surface area contributed by atoms with E-state index in [1.807, 2.05) is 45.9 Å². The van der Waals surface area contributed by atoms with Crippen LogP contribution in [-0.2, 0) is 48.3 Å². The molecule has 498 valence electrons. The normalized spacial score (nSPS) is 22.6. The number of phenols is 1. The van der Waals surface area contributed by atoms with Gasteiger partial charge in [-0.3, -0.25) is 28.9 Å². The first-order valence-corrected chi connectivity index (χ1v) is 34.9. The van der Waals surface area contributed by atoms with Crippen molar-refractivity contribution in [2.75, 3.05) is 10.7 Å². The number of nitrogens with zero attached hydrogens (tertiary/aromatic N) is 1. The molecule has 6 atom stereocenters. The molecule has 4 bridgehead atoms. The standard InChI is InChI=1S/C20H29F3O7S.C18H13S.C14H13NO2.C13H20O2.C10H14O/c1-4-17(2,3)15(24)30-19-8-12-5-13(9-19)7-18(6-12,11-19)16(25)29-14(20(21,22)23)10-31(26,27)28;1-2-8-14(9-3-1)19-17-12-6-4-10-15(17)16-11-5-7-13-18(16)19;1-4-11-5-7-12(8-6-11)15-13(16)9(2)10(3)14(15)17;1-5-12(3,4)11(14)15-13(6-2)9-7-8-10-13;1-3-8(2)9-5-4-6-10(11)7-9/h12-14H,4-11H2,1-3H3,(H,26,27,28);1-13H;1,5-10H,2-3H3;2H,5,7-10H2,1,3-4H3;4-8,11H,3H2,1-2H3/q;+1;;;/p-1. The minimum Gasteiger partial charge on any atom is -0.748 e. The SMILES string of the molecule is C#CC1(OC(=O)C(C)(C)CC)CCCC1.C#Cc1ccc(N2C(=O)C(C)C(C)C2=O)cc1.CCC(C)(C)C(=O)OC12CC3CC(C1)CC(C(=O)OC(CS(=O)(=O)[O-])C(F)(F)F)(C3)C2.CCC(C)c1cccc(O)c1.c1ccc(-[s+]2c3ccccc3c3ccccc32)cc1. The van der Waals surface area contributed by atoms with Crippen molar-refractivity contribution in [3.63, 3.8) is 0 Å². The highest BCUT2D eigenvalue weighted by Gasteiger charge is 2.64. The van der Waals surface area contributed by atoms with Crippen molar-refractivity contribution in [2.24, 2.45) is 39.9 Å². The Balaban J connectivity index is 0.000000172. The van der Waals surface area contributed by atoms with Gasteiger partial charge in [-0.25, -0.2) is 8.42 Å². The number of halogens is 3. The summed E-state index contributed by atoms with van der Waals surface area (Å²) >= 11 is 0. The van der Waals surface area contributed by atoms with Crippen molar-refractivity contribution < 1.29 is 69.4 Å². The zero-order valence-corrected chi connectivity index (χ0v) is 56.6. The molecule has 6 aliphatic rings. The predicted molar refractivity (Wildman–Crippen MR) is 358 cm³/mol. The van der Waals surface area contributed by atoms with Gasteiger partial charge in [0.1, 0.15) is 11.4 Å². The van der Waals surface area contributed by atoms with E-state index in [1.54, 1.807) is 58.0 Å². The number of hydrogen-bond acceptors (Lipinski definition) is 12. The molecule has 93 heavy (non-hydrogen) atoms. The van der Waals surface area contributed by atoms with E-state index in [1.165, 1.54) is 35.5 Å². The van der Waals surface area contributed by atoms with Gasteiger partial charge in [0.25, 0.3) is 0 Å². The van der Waals surface area contributed by atoms with Crippen molar-refractivity contribution in [2.45, 2.75) is 182 Å². The molecule has 5 aliphatic carbocycles. The fraction of sp³-hybridized carbons (Fsp3) is 0.480. The maximum Gasteiger partial charge on any atom is 0.426 e. The fourth-order valence-corrected chi connectivity index (χ4v) is 16.0. The van der Waals surface area contributed by atoms with Gasteiger partial charge in [-0.15, -0.1) is 12.8 Å². The minimum absolute atomic E-state index is 0.00100. The number of fused-ring (bicyclic) bond motifs is 3. The number of benzene rings is 5. The van der Waals surface area contributed by atoms with Gasteiger partial charge in [-0.2, -0.15) is 13.2 Å². The summed E-state index contributed by atoms with van der Waals surface area (Å²) in [5.74, 6) is 1.67. The molecule has 0 spiro atoms. The van der Waals surface area contributed by atoms with Gasteiger partial charge in [0, 0.05) is 45.1 Å². The molecule has 0 radical (unpaired) electrons. The molecule has 5 aromatic carbocycles. The van der Waals surface area contributed by atoms with Gasteiger partial charge >= 0.3 is 24.1 Å². The Hall–Kier alpha value is -7.51. The van der Waals surface area contributed by atoms with Crippen LogP contribution in [-0.4, -0.2) is 77.0 Å². The lowest BCUT2D eigenvalue weighted by molar-refractivity contribution is -0.239. The van der Waals surface area contributed by atoms with Gasteiger partial charge in [0.15, 0.2) is 19.9 Å². The zero-order valence-electron chi connectivity index (χ0n) is 55.0. The highest BCUT2D eigenvalue weighted by Crippen LogP contribution is 2.64. The first-order valence-electron chi connectivity index (χ1n) is 32.1. The van der Waals surface area contributed by atoms with Crippen LogP contribution >= 0.6 is 10.5 Å². The average Bonchev–Trinajstić information content (AvgIpc) is 1.68. The summed E-state index contributed by atoms with van der Waals surface area (Å²) in [5, 5.41) is 11.9. The number of carbonyl (C=O) groups excluding carboxylic acids is 5. The molecule has 2 amide bonds. The summed E-state index contributed by atoms with van der Waals surface area (Å²) in [4.78, 5) is 64.1. The van der Waals surface area contributed by atoms with Crippen molar-refractivity contribution in [3.05, 3.63) is 139 Å². The Kier molecular flexibility index (Phi) is 23.4. The smallest absolute Gasteiger partial charge is 0.426 e. The molecule has 13 nitrogen and oxygen atoms in total. The molecule has 1 N–H and O–H groups in total. The van der Waals surface area contributed by atoms with Gasteiger partial charge in [-0.05, 0) is 201 Å². The summed E-state index contributed by atoms with van der Waals surface area (Å²) in [6.07, 6.45) is 11.2. The summed E-state index contributed by atoms with van der Waals surface area (Å²) in [5.41, 5.74) is -1.45. The maximum absolute atomic E-state index is 13.3. The highest BCUT2D eigenvalue weighted by molar-refractivity contribution is 7.85. The number of amides is 2. The lowest BCUT2D eigenvalue weighted by Crippen LogP contribution is -2.61. The van der Waals surface area contributed by atoms with Crippen molar-refractivity contribution in [1.29, 1.82) is 0 Å². The van der Waals surface area contributed by atoms with E-state index in [0.717, 1.165) is 50.5 Å². The number of carbonyl (C=O) groups is 5. The number of aromatic hydroxyl groups is 1. The largest absolute Gasteiger partial charge is 0.748 e. The van der Waals surface area contributed by atoms with E-state index >= 15 is 0 Å². The number of anilines is 1. The first kappa shape index (κ1) is 72.9. The molecule has 18 heteroatoms. The Morgan fingerprint density at radius 2 is 1.24 bits per heavy atom. The number of imide groups is 1. The molecule has 6 aromatic rings. The molecule has 1 saturated heterocycles. The van der Waals surface area contributed by atoms with Crippen molar-refractivity contribution in [1.82, 2.24) is 0 Å². The first-order chi connectivity index (χ1) is 43.7. The fourth-order valence-electron chi connectivity index (χ4n) is 13.0. The maximum atomic E-state index is 13.3. The van der Waals surface area contributed by atoms with Crippen molar-refractivity contribution in [3.8, 4) is 35.3 Å². The zero-order chi connectivity index (χ0) is 68.5. The second-order valence-corrected chi connectivity index (χ2v) is 30.4. The molecule has 6 fully saturated rings. The molecule has 12 rings (SSSR count). The Morgan fingerprint density at radius 1 is 0.731 bits per heavy atom. The van der Waals surface area contributed by atoms with Crippen LogP contribution in [0.15, 0.2) is 127 Å². The van der Waals surface area contributed by atoms with E-state index in [4.69, 9.17) is 27.4 Å². The Labute approximate surface area is 549 Å². The summed E-state index contributed by atoms with van der Waals surface area (Å²) in [6, 6.07) is 42.7. The van der Waals surface area contributed by atoms with Crippen molar-refractivity contribution >= 4 is 76.2 Å². The van der Waals surface area contributed by atoms with Gasteiger partial charge < -0.3 is 23.9 Å². The third-order valence-corrected chi connectivity index (χ3v) is 22.4. The highest BCUT2D eigenvalue weighted by atomic mass is 32.2. The molecular formula is C75H88F3NO12S2. The molecule has 6 unspecified atom stereocenters. The molecule has 1 aromatic heterocycles. The summed E-state index contributed by atoms with van der Waals surface area (Å²) in [7, 11) is -5.21. The quantitative estimate of drug-likeness (QED) is 0.0271. The number of ether oxygens (including phenoxy) is 3. The van der Waals surface area contributed by atoms with Gasteiger partial charge in [0.05, 0.1) is 37.8 Å². The number of phenolic OH excluding ortho intramolecular Hbond substituents is 1. The van der Waals surface area contributed by atoms with Crippen LogP contribution in [0.4, 0.5) is 18.9 Å². The lowest BCUT2D eigenvalue weighted by Gasteiger charge is -2.60. The van der Waals surface area contributed by atoms with Crippen LogP contribution in [0.25, 0.3) is 25.1 Å². The van der Waals surface area contributed by atoms with Crippen LogP contribution < -0.4 is 4.90 Å². The van der Waals surface area contributed by atoms with Crippen LogP contribution in [0.3, 0.4) is 0 Å². The van der Waals surface area contributed by atoms with E-state index < -0.39 is 67.5 Å². The van der Waals surface area contributed by atoms with E-state index in [-0.39, 0.29) is 58.3 Å². The molecule has 5 saturated carbocycles. The number of rotatable bonds is 14. The van der Waals surface area contributed by atoms with E-state index in [0.29, 0.717) is 49.5 Å². The van der Waals surface area contributed by atoms with Crippen LogP contribution in [0.1, 0.15) is 170 Å². The number of alkyl halides is 3. The topological polar surface area (TPSA) is 194 Å². The van der Waals surface area contributed by atoms with Crippen LogP contribution in [0.5, 0.6) is 5.75 Å². The van der Waals surface area contributed by atoms with Gasteiger partial charge in [-0.1, -0.05) is 108 Å². The number of terminal acetylenes is 2. The molecular weight excluding hydrogens is 1230 g/mol. The second kappa shape index (κ2) is 29.8. The number of esters is 3. The third kappa shape index (κ3) is 17.5. The summed E-state index contributed by atoms with van der Waals surface area (Å²) < 4.78 is 91.5. The Morgan fingerprint density at radius 3 is 1.70 bits per heavy atom. The predicted octanol–water partition coefficient (Wildman–Crippen LogP) is 16.7. The van der Waals surface area contributed by atoms with Crippen LogP contribution in [0.2, 0.25) is 0 Å². The van der Waals surface area contributed by atoms with Crippen LogP contribution in [0, 0.1) is 64.6 Å². The van der Waals surface area contributed by atoms with E-state index in [9.17, 15) is 50.1 Å². The average molecular weight is 1320 g/mol. The van der Waals surface area contributed by atoms with E-state index in [2.05, 4.69) is 109 Å².